The fraction of sp³-hybridized carbons (Fsp3) is 0.238. The van der Waals surface area contributed by atoms with Crippen molar-refractivity contribution >= 4 is 22.5 Å². The van der Waals surface area contributed by atoms with Gasteiger partial charge in [0.05, 0.1) is 11.7 Å². The van der Waals surface area contributed by atoms with Gasteiger partial charge >= 0.3 is 0 Å². The molecule has 0 bridgehead atoms. The Labute approximate surface area is 163 Å². The number of anilines is 1. The summed E-state index contributed by atoms with van der Waals surface area (Å²) >= 11 is 0. The lowest BCUT2D eigenvalue weighted by atomic mass is 9.95. The molecule has 2 aromatic carbocycles. The van der Waals surface area contributed by atoms with Gasteiger partial charge in [0, 0.05) is 36.8 Å². The number of benzene rings is 2. The number of carbonyl (C=O) groups is 1. The number of fused-ring (bicyclic) bond motifs is 2. The predicted molar refractivity (Wildman–Crippen MR) is 110 cm³/mol. The Bertz CT molecular complexity index is 1100. The molecule has 0 radical (unpaired) electrons. The second-order valence-electron chi connectivity index (χ2n) is 7.15. The standard InChI is InChI=1S/C21H23N5O2/c1-12(20(27)23-2)10-26-11-18-16(7-15(22)8-17(18)21(26)28)13-4-5-14-9-24-25(3)19(14)6-13/h4-9,20,23,27H,1,10-11,22H2,2-3H3. The smallest absolute Gasteiger partial charge is 0.254 e. The van der Waals surface area contributed by atoms with E-state index in [1.807, 2.05) is 36.1 Å². The highest BCUT2D eigenvalue weighted by Gasteiger charge is 2.31. The highest BCUT2D eigenvalue weighted by molar-refractivity contribution is 6.02. The molecule has 2 heterocycles. The minimum atomic E-state index is -0.853. The summed E-state index contributed by atoms with van der Waals surface area (Å²) in [4.78, 5) is 14.6. The van der Waals surface area contributed by atoms with Gasteiger partial charge in [-0.15, -0.1) is 0 Å². The van der Waals surface area contributed by atoms with Crippen LogP contribution in [-0.2, 0) is 13.6 Å². The lowest BCUT2D eigenvalue weighted by Gasteiger charge is -2.20. The van der Waals surface area contributed by atoms with Crippen molar-refractivity contribution < 1.29 is 9.90 Å². The molecule has 7 heteroatoms. The predicted octanol–water partition coefficient (Wildman–Crippen LogP) is 1.87. The molecule has 1 amide bonds. The van der Waals surface area contributed by atoms with E-state index in [2.05, 4.69) is 23.1 Å². The number of aromatic nitrogens is 2. The highest BCUT2D eigenvalue weighted by atomic mass is 16.3. The maximum Gasteiger partial charge on any atom is 0.254 e. The van der Waals surface area contributed by atoms with E-state index in [1.54, 1.807) is 18.0 Å². The summed E-state index contributed by atoms with van der Waals surface area (Å²) < 4.78 is 1.83. The van der Waals surface area contributed by atoms with Crippen LogP contribution in [0.4, 0.5) is 5.69 Å². The van der Waals surface area contributed by atoms with Gasteiger partial charge in [-0.2, -0.15) is 5.10 Å². The summed E-state index contributed by atoms with van der Waals surface area (Å²) in [5, 5.41) is 18.0. The van der Waals surface area contributed by atoms with Gasteiger partial charge in [-0.3, -0.25) is 14.8 Å². The fourth-order valence-corrected chi connectivity index (χ4v) is 3.72. The van der Waals surface area contributed by atoms with Crippen molar-refractivity contribution in [3.05, 3.63) is 59.8 Å². The van der Waals surface area contributed by atoms with Crippen LogP contribution in [0.2, 0.25) is 0 Å². The van der Waals surface area contributed by atoms with Gasteiger partial charge in [-0.1, -0.05) is 18.7 Å². The molecular formula is C21H23N5O2. The summed E-state index contributed by atoms with van der Waals surface area (Å²) in [6.45, 7) is 4.60. The van der Waals surface area contributed by atoms with E-state index in [9.17, 15) is 9.90 Å². The SMILES string of the molecule is C=C(CN1Cc2c(cc(N)cc2-c2ccc3cnn(C)c3c2)C1=O)C(O)NC. The van der Waals surface area contributed by atoms with Gasteiger partial charge in [0.1, 0.15) is 6.23 Å². The number of nitrogens with zero attached hydrogens (tertiary/aromatic N) is 3. The zero-order valence-electron chi connectivity index (χ0n) is 15.9. The monoisotopic (exact) mass is 377 g/mol. The van der Waals surface area contributed by atoms with Crippen LogP contribution in [0.25, 0.3) is 22.0 Å². The van der Waals surface area contributed by atoms with E-state index in [0.717, 1.165) is 27.6 Å². The molecule has 0 aliphatic carbocycles. The molecule has 144 valence electrons. The van der Waals surface area contributed by atoms with Crippen LogP contribution >= 0.6 is 0 Å². The molecule has 1 aliphatic rings. The first-order valence-corrected chi connectivity index (χ1v) is 9.06. The number of aliphatic hydroxyl groups excluding tert-OH is 1. The Kier molecular flexibility index (Phi) is 4.41. The number of hydrogen-bond acceptors (Lipinski definition) is 5. The van der Waals surface area contributed by atoms with Crippen molar-refractivity contribution in [2.45, 2.75) is 12.8 Å². The lowest BCUT2D eigenvalue weighted by molar-refractivity contribution is 0.0777. The van der Waals surface area contributed by atoms with E-state index in [0.29, 0.717) is 23.4 Å². The molecule has 0 fully saturated rings. The third-order valence-electron chi connectivity index (χ3n) is 5.25. The van der Waals surface area contributed by atoms with E-state index < -0.39 is 6.23 Å². The molecule has 0 spiro atoms. The van der Waals surface area contributed by atoms with E-state index in [-0.39, 0.29) is 12.5 Å². The number of hydrogen-bond donors (Lipinski definition) is 3. The summed E-state index contributed by atoms with van der Waals surface area (Å²) in [5.41, 5.74) is 11.7. The first-order chi connectivity index (χ1) is 13.4. The number of rotatable bonds is 5. The number of carbonyl (C=O) groups excluding carboxylic acids is 1. The van der Waals surface area contributed by atoms with Gasteiger partial charge in [-0.05, 0) is 47.5 Å². The zero-order valence-corrected chi connectivity index (χ0v) is 15.9. The summed E-state index contributed by atoms with van der Waals surface area (Å²) in [6, 6.07) is 9.74. The normalized spacial score (nSPS) is 14.5. The number of aliphatic hydroxyl groups is 1. The average molecular weight is 377 g/mol. The highest BCUT2D eigenvalue weighted by Crippen LogP contribution is 2.36. The molecule has 0 saturated heterocycles. The second kappa shape index (κ2) is 6.78. The first kappa shape index (κ1) is 18.2. The van der Waals surface area contributed by atoms with Crippen molar-refractivity contribution in [3.63, 3.8) is 0 Å². The number of nitrogen functional groups attached to an aromatic ring is 1. The summed E-state index contributed by atoms with van der Waals surface area (Å²) in [5.74, 6) is -0.102. The number of nitrogens with one attached hydrogen (secondary N) is 1. The van der Waals surface area contributed by atoms with Crippen LogP contribution in [0, 0.1) is 0 Å². The molecule has 1 aliphatic heterocycles. The van der Waals surface area contributed by atoms with Crippen LogP contribution < -0.4 is 11.1 Å². The molecule has 3 aromatic rings. The van der Waals surface area contributed by atoms with Crippen LogP contribution in [0.5, 0.6) is 0 Å². The maximum absolute atomic E-state index is 12.9. The number of aryl methyl sites for hydroxylation is 1. The molecule has 0 saturated carbocycles. The van der Waals surface area contributed by atoms with Crippen molar-refractivity contribution in [2.75, 3.05) is 19.3 Å². The summed E-state index contributed by atoms with van der Waals surface area (Å²) in [6.07, 6.45) is 0.973. The third kappa shape index (κ3) is 2.94. The van der Waals surface area contributed by atoms with E-state index >= 15 is 0 Å². The van der Waals surface area contributed by atoms with Gasteiger partial charge in [0.25, 0.3) is 5.91 Å². The van der Waals surface area contributed by atoms with Crippen LogP contribution in [-0.4, -0.2) is 45.5 Å². The van der Waals surface area contributed by atoms with Crippen molar-refractivity contribution in [3.8, 4) is 11.1 Å². The van der Waals surface area contributed by atoms with Crippen LogP contribution in [0.15, 0.2) is 48.7 Å². The quantitative estimate of drug-likeness (QED) is 0.358. The van der Waals surface area contributed by atoms with Gasteiger partial charge in [-0.25, -0.2) is 0 Å². The number of nitrogens with two attached hydrogens (primary N) is 1. The Morgan fingerprint density at radius 2 is 2.11 bits per heavy atom. The third-order valence-corrected chi connectivity index (χ3v) is 5.25. The molecular weight excluding hydrogens is 354 g/mol. The van der Waals surface area contributed by atoms with Crippen molar-refractivity contribution in [1.82, 2.24) is 20.0 Å². The van der Waals surface area contributed by atoms with Crippen molar-refractivity contribution in [1.29, 1.82) is 0 Å². The Morgan fingerprint density at radius 3 is 2.86 bits per heavy atom. The molecule has 7 nitrogen and oxygen atoms in total. The lowest BCUT2D eigenvalue weighted by Crippen LogP contribution is -2.34. The van der Waals surface area contributed by atoms with Crippen molar-refractivity contribution in [2.24, 2.45) is 7.05 Å². The Balaban J connectivity index is 1.74. The van der Waals surface area contributed by atoms with Gasteiger partial charge < -0.3 is 15.7 Å². The topological polar surface area (TPSA) is 96.4 Å². The first-order valence-electron chi connectivity index (χ1n) is 9.06. The van der Waals surface area contributed by atoms with Crippen LogP contribution in [0.3, 0.4) is 0 Å². The average Bonchev–Trinajstić information content (AvgIpc) is 3.21. The largest absolute Gasteiger partial charge is 0.399 e. The molecule has 1 atom stereocenters. The zero-order chi connectivity index (χ0) is 20.0. The van der Waals surface area contributed by atoms with E-state index in [1.165, 1.54) is 0 Å². The minimum Gasteiger partial charge on any atom is -0.399 e. The maximum atomic E-state index is 12.9. The molecule has 28 heavy (non-hydrogen) atoms. The van der Waals surface area contributed by atoms with Gasteiger partial charge in [0.2, 0.25) is 0 Å². The molecule has 4 N–H and O–H groups in total. The Morgan fingerprint density at radius 1 is 1.36 bits per heavy atom. The second-order valence-corrected chi connectivity index (χ2v) is 7.15. The minimum absolute atomic E-state index is 0.102. The molecule has 4 rings (SSSR count). The number of likely N-dealkylation sites (N-methyl/N-ethyl adjacent to an activating group) is 1. The fourth-order valence-electron chi connectivity index (χ4n) is 3.72. The van der Waals surface area contributed by atoms with E-state index in [4.69, 9.17) is 5.73 Å². The van der Waals surface area contributed by atoms with Crippen LogP contribution in [0.1, 0.15) is 15.9 Å². The summed E-state index contributed by atoms with van der Waals surface area (Å²) in [7, 11) is 3.55. The molecule has 1 aromatic heterocycles. The number of amides is 1. The Hall–Kier alpha value is -3.16. The molecule has 1 unspecified atom stereocenters. The van der Waals surface area contributed by atoms with Gasteiger partial charge in [0.15, 0.2) is 0 Å².